The number of carboxylic acid groups (broad SMARTS) is 1. The van der Waals surface area contributed by atoms with Gasteiger partial charge in [0.05, 0.1) is 4.90 Å². The third-order valence-electron chi connectivity index (χ3n) is 2.65. The van der Waals surface area contributed by atoms with E-state index >= 15 is 0 Å². The molecule has 0 amide bonds. The minimum atomic E-state index is -3.58. The van der Waals surface area contributed by atoms with E-state index in [1.165, 1.54) is 18.2 Å². The third-order valence-corrected chi connectivity index (χ3v) is 4.78. The lowest BCUT2D eigenvalue weighted by Crippen LogP contribution is -2.04. The zero-order valence-electron chi connectivity index (χ0n) is 10.5. The fourth-order valence-electron chi connectivity index (χ4n) is 1.76. The van der Waals surface area contributed by atoms with E-state index < -0.39 is 15.8 Å². The second-order valence-corrected chi connectivity index (χ2v) is 7.15. The van der Waals surface area contributed by atoms with Crippen molar-refractivity contribution in [2.45, 2.75) is 17.6 Å². The molecule has 2 rings (SSSR count). The minimum Gasteiger partial charge on any atom is -0.475 e. The highest BCUT2D eigenvalue weighted by Gasteiger charge is 2.21. The third kappa shape index (κ3) is 3.10. The summed E-state index contributed by atoms with van der Waals surface area (Å²) in [5.74, 6) is -1.71. The monoisotopic (exact) mass is 358 g/mol. The first kappa shape index (κ1) is 14.8. The summed E-state index contributed by atoms with van der Waals surface area (Å²) in [6.45, 7) is 1.56. The second kappa shape index (κ2) is 5.41. The highest BCUT2D eigenvalue weighted by molar-refractivity contribution is 9.10. The number of rotatable bonds is 4. The molecule has 1 N–H and O–H groups in total. The number of hydrogen-bond acceptors (Lipinski definition) is 4. The molecule has 20 heavy (non-hydrogen) atoms. The first-order valence-electron chi connectivity index (χ1n) is 5.60. The van der Waals surface area contributed by atoms with E-state index in [0.29, 0.717) is 10.0 Å². The van der Waals surface area contributed by atoms with Crippen LogP contribution in [0.25, 0.3) is 0 Å². The molecule has 1 heterocycles. The van der Waals surface area contributed by atoms with E-state index in [-0.39, 0.29) is 22.2 Å². The Kier molecular flexibility index (Phi) is 4.01. The lowest BCUT2D eigenvalue weighted by Gasteiger charge is -2.02. The van der Waals surface area contributed by atoms with E-state index in [0.717, 1.165) is 0 Å². The lowest BCUT2D eigenvalue weighted by molar-refractivity contribution is 0.0659. The summed E-state index contributed by atoms with van der Waals surface area (Å²) in [5.41, 5.74) is 0.400. The summed E-state index contributed by atoms with van der Waals surface area (Å²) in [7, 11) is -3.58. The zero-order chi connectivity index (χ0) is 14.9. The van der Waals surface area contributed by atoms with Crippen LogP contribution in [0.15, 0.2) is 44.1 Å². The van der Waals surface area contributed by atoms with Gasteiger partial charge in [-0.25, -0.2) is 13.2 Å². The molecule has 0 radical (unpaired) electrons. The first-order valence-corrected chi connectivity index (χ1v) is 8.05. The van der Waals surface area contributed by atoms with Crippen LogP contribution in [-0.2, 0) is 15.6 Å². The fourth-order valence-corrected chi connectivity index (χ4v) is 3.59. The van der Waals surface area contributed by atoms with Crippen molar-refractivity contribution in [1.82, 2.24) is 0 Å². The number of aromatic carboxylic acids is 1. The van der Waals surface area contributed by atoms with Crippen LogP contribution in [0.2, 0.25) is 0 Å². The van der Waals surface area contributed by atoms with Crippen molar-refractivity contribution >= 4 is 31.7 Å². The molecule has 106 valence electrons. The van der Waals surface area contributed by atoms with Crippen molar-refractivity contribution in [1.29, 1.82) is 0 Å². The lowest BCUT2D eigenvalue weighted by atomic mass is 10.3. The van der Waals surface area contributed by atoms with Crippen LogP contribution in [0.1, 0.15) is 21.9 Å². The summed E-state index contributed by atoms with van der Waals surface area (Å²) in [6, 6.07) is 7.74. The Labute approximate surface area is 124 Å². The molecule has 0 fully saturated rings. The molecule has 1 aromatic carbocycles. The number of carbonyl (C=O) groups is 1. The van der Waals surface area contributed by atoms with Gasteiger partial charge < -0.3 is 9.52 Å². The predicted octanol–water partition coefficient (Wildman–Crippen LogP) is 3.02. The Morgan fingerprint density at radius 3 is 2.60 bits per heavy atom. The number of halogens is 1. The number of carboxylic acids is 1. The Morgan fingerprint density at radius 1 is 1.35 bits per heavy atom. The number of sulfone groups is 1. The van der Waals surface area contributed by atoms with Gasteiger partial charge in [-0.05, 0) is 31.2 Å². The Balaban J connectivity index is 2.34. The van der Waals surface area contributed by atoms with Gasteiger partial charge in [0, 0.05) is 10.0 Å². The average Bonchev–Trinajstić information content (AvgIpc) is 2.69. The molecule has 0 saturated heterocycles. The topological polar surface area (TPSA) is 84.6 Å². The molecule has 0 bridgehead atoms. The van der Waals surface area contributed by atoms with Crippen molar-refractivity contribution in [3.05, 3.63) is 51.9 Å². The normalized spacial score (nSPS) is 11.5. The quantitative estimate of drug-likeness (QED) is 0.907. The van der Waals surface area contributed by atoms with E-state index in [1.807, 2.05) is 0 Å². The van der Waals surface area contributed by atoms with Gasteiger partial charge in [0.1, 0.15) is 11.5 Å². The molecule has 0 aliphatic carbocycles. The van der Waals surface area contributed by atoms with Crippen LogP contribution in [0.5, 0.6) is 0 Å². The molecule has 2 aromatic rings. The highest BCUT2D eigenvalue weighted by atomic mass is 79.9. The molecule has 0 saturated carbocycles. The van der Waals surface area contributed by atoms with E-state index in [4.69, 9.17) is 9.52 Å². The van der Waals surface area contributed by atoms with Crippen molar-refractivity contribution in [2.24, 2.45) is 0 Å². The summed E-state index contributed by atoms with van der Waals surface area (Å²) >= 11 is 3.21. The Morgan fingerprint density at radius 2 is 2.05 bits per heavy atom. The van der Waals surface area contributed by atoms with Crippen LogP contribution >= 0.6 is 15.9 Å². The maximum absolute atomic E-state index is 12.2. The van der Waals surface area contributed by atoms with Gasteiger partial charge in [0.2, 0.25) is 5.76 Å². The van der Waals surface area contributed by atoms with Gasteiger partial charge in [-0.15, -0.1) is 0 Å². The van der Waals surface area contributed by atoms with Gasteiger partial charge in [-0.2, -0.15) is 0 Å². The zero-order valence-corrected chi connectivity index (χ0v) is 12.9. The number of hydrogen-bond donors (Lipinski definition) is 1. The van der Waals surface area contributed by atoms with Gasteiger partial charge in [-0.3, -0.25) is 0 Å². The van der Waals surface area contributed by atoms with Crippen molar-refractivity contribution in [3.8, 4) is 0 Å². The molecule has 0 spiro atoms. The molecule has 0 atom stereocenters. The number of aryl methyl sites for hydroxylation is 1. The maximum Gasteiger partial charge on any atom is 0.372 e. The van der Waals surface area contributed by atoms with Crippen LogP contribution in [0.3, 0.4) is 0 Å². The van der Waals surface area contributed by atoms with E-state index in [9.17, 15) is 13.2 Å². The predicted molar refractivity (Wildman–Crippen MR) is 75.4 cm³/mol. The summed E-state index contributed by atoms with van der Waals surface area (Å²) in [6.07, 6.45) is 0. The first-order chi connectivity index (χ1) is 9.29. The summed E-state index contributed by atoms with van der Waals surface area (Å²) in [5, 5.41) is 8.88. The van der Waals surface area contributed by atoms with Crippen molar-refractivity contribution in [2.75, 3.05) is 0 Å². The standard InChI is InChI=1S/C13H11BrO5S/c1-8-5-10(19-12(8)13(15)16)7-20(17,18)11-4-2-3-9(14)6-11/h2-6H,7H2,1H3,(H,15,16). The molecule has 1 aromatic heterocycles. The largest absolute Gasteiger partial charge is 0.475 e. The van der Waals surface area contributed by atoms with Crippen LogP contribution < -0.4 is 0 Å². The Hall–Kier alpha value is -1.60. The molecular weight excluding hydrogens is 348 g/mol. The van der Waals surface area contributed by atoms with Crippen molar-refractivity contribution in [3.63, 3.8) is 0 Å². The van der Waals surface area contributed by atoms with Gasteiger partial charge in [0.15, 0.2) is 9.84 Å². The molecule has 0 unspecified atom stereocenters. The molecule has 0 aliphatic heterocycles. The minimum absolute atomic E-state index is 0.111. The molecular formula is C13H11BrO5S. The molecule has 5 nitrogen and oxygen atoms in total. The van der Waals surface area contributed by atoms with Crippen LogP contribution in [-0.4, -0.2) is 19.5 Å². The molecule has 7 heteroatoms. The smallest absolute Gasteiger partial charge is 0.372 e. The van der Waals surface area contributed by atoms with E-state index in [2.05, 4.69) is 15.9 Å². The number of furan rings is 1. The van der Waals surface area contributed by atoms with Gasteiger partial charge >= 0.3 is 5.97 Å². The van der Waals surface area contributed by atoms with E-state index in [1.54, 1.807) is 19.1 Å². The highest BCUT2D eigenvalue weighted by Crippen LogP contribution is 2.23. The Bertz CT molecular complexity index is 761. The maximum atomic E-state index is 12.2. The van der Waals surface area contributed by atoms with Crippen molar-refractivity contribution < 1.29 is 22.7 Å². The van der Waals surface area contributed by atoms with Gasteiger partial charge in [0.25, 0.3) is 0 Å². The molecule has 0 aliphatic rings. The average molecular weight is 359 g/mol. The number of benzene rings is 1. The fraction of sp³-hybridized carbons (Fsp3) is 0.154. The van der Waals surface area contributed by atoms with Gasteiger partial charge in [-0.1, -0.05) is 22.0 Å². The summed E-state index contributed by atoms with van der Waals surface area (Å²) < 4.78 is 30.2. The SMILES string of the molecule is Cc1cc(CS(=O)(=O)c2cccc(Br)c2)oc1C(=O)O. The second-order valence-electron chi connectivity index (χ2n) is 4.25. The summed E-state index contributed by atoms with van der Waals surface area (Å²) in [4.78, 5) is 11.0. The van der Waals surface area contributed by atoms with Crippen LogP contribution in [0, 0.1) is 6.92 Å². The van der Waals surface area contributed by atoms with Crippen LogP contribution in [0.4, 0.5) is 0 Å².